The van der Waals surface area contributed by atoms with Crippen molar-refractivity contribution in [2.45, 2.75) is 121 Å². The van der Waals surface area contributed by atoms with Crippen molar-refractivity contribution in [1.82, 2.24) is 4.98 Å². The summed E-state index contributed by atoms with van der Waals surface area (Å²) in [7, 11) is 0. The number of pyridine rings is 1. The maximum atomic E-state index is 12.2. The van der Waals surface area contributed by atoms with Crippen LogP contribution in [-0.2, 0) is 36.7 Å². The van der Waals surface area contributed by atoms with Gasteiger partial charge >= 0.3 is 0 Å². The molecule has 1 radical (unpaired) electrons. The van der Waals surface area contributed by atoms with Crippen molar-refractivity contribution in [2.75, 3.05) is 0 Å². The van der Waals surface area contributed by atoms with Gasteiger partial charge in [-0.3, -0.25) is 9.78 Å². The normalized spacial score (nSPS) is 12.9. The summed E-state index contributed by atoms with van der Waals surface area (Å²) >= 11 is 3.61. The van der Waals surface area contributed by atoms with E-state index in [4.69, 9.17) is 9.40 Å². The summed E-state index contributed by atoms with van der Waals surface area (Å²) in [5, 5.41) is 17.1. The Bertz CT molecular complexity index is 2220. The molecule has 4 aromatic heterocycles. The standard InChI is InChI=1S/C30H28NOS2.C15H28O2.Ir/c1-16(2)13-23-17(3)20-7-8-21-25-24(34-29(21)27(20)32-23)9-11-31-26(25)19-14-18-10-12-33-28(18)22(15-19)30(4,5)6;1-7-14(5,8-2)12(16)11-13(17)15(6,9-3)10-4;/h7-12,15-16H,13H2,1-6H3;11,16H,7-10H2,1-6H3;/q-1;;/b;12-11-;. The first-order chi connectivity index (χ1) is 24.0. The summed E-state index contributed by atoms with van der Waals surface area (Å²) in [4.78, 5) is 17.1. The third kappa shape index (κ3) is 7.99. The van der Waals surface area contributed by atoms with Crippen LogP contribution in [-0.4, -0.2) is 15.9 Å². The Hall–Kier alpha value is -2.83. The van der Waals surface area contributed by atoms with Gasteiger partial charge < -0.3 is 9.52 Å². The molecule has 1 N–H and O–H groups in total. The predicted octanol–water partition coefficient (Wildman–Crippen LogP) is 14.3. The van der Waals surface area contributed by atoms with Gasteiger partial charge in [0.25, 0.3) is 0 Å². The average Bonchev–Trinajstić information content (AvgIpc) is 3.82. The van der Waals surface area contributed by atoms with Crippen LogP contribution in [0.1, 0.15) is 119 Å². The molecule has 0 saturated carbocycles. The van der Waals surface area contributed by atoms with E-state index >= 15 is 0 Å². The van der Waals surface area contributed by atoms with Crippen LogP contribution in [0.15, 0.2) is 58.2 Å². The average molecular weight is 915 g/mol. The van der Waals surface area contributed by atoms with E-state index in [1.54, 1.807) is 11.3 Å². The molecule has 281 valence electrons. The van der Waals surface area contributed by atoms with E-state index in [0.29, 0.717) is 5.92 Å². The van der Waals surface area contributed by atoms with Crippen molar-refractivity contribution in [3.63, 3.8) is 0 Å². The zero-order chi connectivity index (χ0) is 37.5. The van der Waals surface area contributed by atoms with E-state index in [1.807, 2.05) is 59.1 Å². The Kier molecular flexibility index (Phi) is 13.1. The first-order valence-corrected chi connectivity index (χ1v) is 20.3. The number of nitrogens with zero attached hydrogens (tertiary/aromatic N) is 1. The van der Waals surface area contributed by atoms with Gasteiger partial charge in [0, 0.05) is 65.4 Å². The number of carbonyl (C=O) groups is 1. The fourth-order valence-corrected chi connectivity index (χ4v) is 8.91. The van der Waals surface area contributed by atoms with E-state index in [1.165, 1.54) is 52.8 Å². The SMILES string of the molecule is CCC(C)(CC)C(=O)/C=C(\O)C(C)(CC)CC.Cc1c(CC(C)C)oc2c1ccc1c2sc2ccnc(-c3[c-]c4ccsc4c(C(C)(C)C)c3)c21.[Ir]. The van der Waals surface area contributed by atoms with Gasteiger partial charge in [-0.1, -0.05) is 99.4 Å². The van der Waals surface area contributed by atoms with Crippen LogP contribution in [0, 0.1) is 29.7 Å². The van der Waals surface area contributed by atoms with Crippen molar-refractivity contribution in [3.05, 3.63) is 76.7 Å². The Morgan fingerprint density at radius 2 is 1.58 bits per heavy atom. The van der Waals surface area contributed by atoms with Crippen LogP contribution in [0.3, 0.4) is 0 Å². The zero-order valence-corrected chi connectivity index (χ0v) is 37.1. The van der Waals surface area contributed by atoms with E-state index in [9.17, 15) is 9.90 Å². The number of hydrogen-bond acceptors (Lipinski definition) is 6. The number of aromatic nitrogens is 1. The third-order valence-corrected chi connectivity index (χ3v) is 13.4. The molecular weight excluding hydrogens is 859 g/mol. The largest absolute Gasteiger partial charge is 0.512 e. The topological polar surface area (TPSA) is 63.3 Å². The molecule has 4 heterocycles. The smallest absolute Gasteiger partial charge is 0.164 e. The molecule has 0 fully saturated rings. The summed E-state index contributed by atoms with van der Waals surface area (Å²) in [6, 6.07) is 14.8. The van der Waals surface area contributed by atoms with E-state index in [2.05, 4.69) is 83.3 Å². The van der Waals surface area contributed by atoms with Crippen molar-refractivity contribution in [1.29, 1.82) is 0 Å². The number of furan rings is 1. The van der Waals surface area contributed by atoms with Crippen LogP contribution in [0.4, 0.5) is 0 Å². The Morgan fingerprint density at radius 1 is 0.942 bits per heavy atom. The number of benzene rings is 2. The van der Waals surface area contributed by atoms with Gasteiger partial charge in [-0.15, -0.1) is 34.9 Å². The number of thiophene rings is 2. The molecular formula is C45H56IrNO3S2-. The van der Waals surface area contributed by atoms with Crippen molar-refractivity contribution in [3.8, 4) is 11.3 Å². The minimum atomic E-state index is -0.337. The molecule has 4 nitrogen and oxygen atoms in total. The Labute approximate surface area is 332 Å². The molecule has 6 aromatic rings. The van der Waals surface area contributed by atoms with Crippen LogP contribution >= 0.6 is 22.7 Å². The molecule has 0 atom stereocenters. The molecule has 0 saturated heterocycles. The number of aliphatic hydroxyl groups is 1. The van der Waals surface area contributed by atoms with Crippen LogP contribution in [0.5, 0.6) is 0 Å². The van der Waals surface area contributed by atoms with Gasteiger partial charge in [0.15, 0.2) is 11.4 Å². The fraction of sp³-hybridized carbons (Fsp3) is 0.467. The fourth-order valence-electron chi connectivity index (χ4n) is 6.65. The molecule has 0 amide bonds. The second-order valence-electron chi connectivity index (χ2n) is 16.1. The summed E-state index contributed by atoms with van der Waals surface area (Å²) in [6.45, 7) is 25.6. The molecule has 7 heteroatoms. The van der Waals surface area contributed by atoms with E-state index in [-0.39, 0.29) is 47.9 Å². The van der Waals surface area contributed by atoms with Crippen LogP contribution < -0.4 is 0 Å². The van der Waals surface area contributed by atoms with E-state index in [0.717, 1.165) is 54.7 Å². The monoisotopic (exact) mass is 915 g/mol. The van der Waals surface area contributed by atoms with Gasteiger partial charge in [-0.2, -0.15) is 11.3 Å². The van der Waals surface area contributed by atoms with Gasteiger partial charge in [-0.05, 0) is 76.4 Å². The Morgan fingerprint density at radius 3 is 2.17 bits per heavy atom. The quantitative estimate of drug-likeness (QED) is 0.0845. The van der Waals surface area contributed by atoms with Crippen LogP contribution in [0.25, 0.3) is 52.5 Å². The first kappa shape index (κ1) is 41.9. The Balaban J connectivity index is 0.000000289. The second kappa shape index (κ2) is 16.3. The number of hydrogen-bond donors (Lipinski definition) is 1. The number of fused-ring (bicyclic) bond motifs is 6. The van der Waals surface area contributed by atoms with Gasteiger partial charge in [0.1, 0.15) is 11.5 Å². The number of rotatable bonds is 10. The molecule has 0 aliphatic rings. The maximum absolute atomic E-state index is 12.2. The predicted molar refractivity (Wildman–Crippen MR) is 222 cm³/mol. The summed E-state index contributed by atoms with van der Waals surface area (Å²) < 4.78 is 10.3. The number of aryl methyl sites for hydroxylation is 1. The van der Waals surface area contributed by atoms with Gasteiger partial charge in [0.05, 0.1) is 4.70 Å². The molecule has 52 heavy (non-hydrogen) atoms. The number of ketones is 1. The molecule has 0 aliphatic heterocycles. The summed E-state index contributed by atoms with van der Waals surface area (Å²) in [5.74, 6) is 1.96. The minimum absolute atomic E-state index is 0. The van der Waals surface area contributed by atoms with E-state index < -0.39 is 0 Å². The molecule has 0 aliphatic carbocycles. The summed E-state index contributed by atoms with van der Waals surface area (Å²) in [6.07, 6.45) is 7.65. The van der Waals surface area contributed by atoms with Crippen molar-refractivity contribution >= 4 is 69.7 Å². The number of aliphatic hydroxyl groups excluding tert-OH is 1. The third-order valence-electron chi connectivity index (χ3n) is 11.3. The van der Waals surface area contributed by atoms with Crippen LogP contribution in [0.2, 0.25) is 0 Å². The van der Waals surface area contributed by atoms with Crippen molar-refractivity contribution < 1.29 is 34.4 Å². The first-order valence-electron chi connectivity index (χ1n) is 18.6. The number of carbonyl (C=O) groups excluding carboxylic acids is 1. The molecule has 0 spiro atoms. The van der Waals surface area contributed by atoms with Gasteiger partial charge in [-0.25, -0.2) is 0 Å². The zero-order valence-electron chi connectivity index (χ0n) is 33.1. The molecule has 6 rings (SSSR count). The molecule has 0 unspecified atom stereocenters. The molecule has 0 bridgehead atoms. The van der Waals surface area contributed by atoms with Crippen molar-refractivity contribution in [2.24, 2.45) is 16.7 Å². The van der Waals surface area contributed by atoms with Gasteiger partial charge in [0.2, 0.25) is 0 Å². The minimum Gasteiger partial charge on any atom is -0.512 e. The second-order valence-corrected chi connectivity index (χ2v) is 18.1. The maximum Gasteiger partial charge on any atom is 0.164 e. The molecule has 2 aromatic carbocycles. The number of allylic oxidation sites excluding steroid dienone is 2. The summed E-state index contributed by atoms with van der Waals surface area (Å²) in [5.41, 5.74) is 5.16.